The summed E-state index contributed by atoms with van der Waals surface area (Å²) in [5.41, 5.74) is 0.423. The summed E-state index contributed by atoms with van der Waals surface area (Å²) in [7, 11) is 0. The fraction of sp³-hybridized carbons (Fsp3) is 0.500. The Bertz CT molecular complexity index is 496. The van der Waals surface area contributed by atoms with Crippen LogP contribution in [0.5, 0.6) is 0 Å². The molecule has 6 heteroatoms. The van der Waals surface area contributed by atoms with Crippen molar-refractivity contribution in [2.45, 2.75) is 18.9 Å². The Labute approximate surface area is 116 Å². The Balaban J connectivity index is 1.92. The van der Waals surface area contributed by atoms with E-state index in [4.69, 9.17) is 0 Å². The monoisotopic (exact) mass is 284 g/mol. The zero-order valence-corrected chi connectivity index (χ0v) is 11.2. The van der Waals surface area contributed by atoms with Crippen molar-refractivity contribution in [3.05, 3.63) is 35.4 Å². The molecule has 1 amide bonds. The van der Waals surface area contributed by atoms with Crippen molar-refractivity contribution >= 4 is 5.91 Å². The fourth-order valence-corrected chi connectivity index (χ4v) is 2.25. The van der Waals surface area contributed by atoms with Gasteiger partial charge in [0.1, 0.15) is 0 Å². The zero-order valence-electron chi connectivity index (χ0n) is 11.2. The van der Waals surface area contributed by atoms with Gasteiger partial charge in [0.2, 0.25) is 5.91 Å². The molecule has 1 aromatic rings. The lowest BCUT2D eigenvalue weighted by Crippen LogP contribution is -2.36. The molecule has 4 nitrogen and oxygen atoms in total. The molecule has 0 radical (unpaired) electrons. The second-order valence-corrected chi connectivity index (χ2v) is 5.13. The third-order valence-corrected chi connectivity index (χ3v) is 3.68. The van der Waals surface area contributed by atoms with Crippen LogP contribution in [-0.2, 0) is 4.79 Å². The zero-order chi connectivity index (χ0) is 14.7. The van der Waals surface area contributed by atoms with Crippen LogP contribution in [0.15, 0.2) is 18.2 Å². The molecule has 0 aliphatic carbocycles. The summed E-state index contributed by atoms with van der Waals surface area (Å²) in [5.74, 6) is -2.75. The van der Waals surface area contributed by atoms with E-state index in [1.807, 2.05) is 0 Å². The summed E-state index contributed by atoms with van der Waals surface area (Å²) in [6, 6.07) is 3.44. The minimum Gasteiger partial charge on any atom is -0.391 e. The normalized spacial score (nSPS) is 23.6. The second-order valence-electron chi connectivity index (χ2n) is 5.13. The van der Waals surface area contributed by atoms with Gasteiger partial charge in [0.25, 0.3) is 0 Å². The molecule has 2 rings (SSSR count). The smallest absolute Gasteiger partial charge is 0.227 e. The molecule has 20 heavy (non-hydrogen) atoms. The van der Waals surface area contributed by atoms with Gasteiger partial charge in [-0.3, -0.25) is 4.79 Å². The SMILES string of the molecule is CC(C(=O)NCC1CNCC1O)c1ccc(F)c(F)c1. The number of carbonyl (C=O) groups is 1. The van der Waals surface area contributed by atoms with Crippen molar-refractivity contribution in [1.82, 2.24) is 10.6 Å². The van der Waals surface area contributed by atoms with E-state index in [9.17, 15) is 18.7 Å². The van der Waals surface area contributed by atoms with E-state index in [0.717, 1.165) is 12.1 Å². The van der Waals surface area contributed by atoms with Crippen LogP contribution in [0.2, 0.25) is 0 Å². The quantitative estimate of drug-likeness (QED) is 0.765. The number of nitrogens with one attached hydrogen (secondary N) is 2. The number of hydrogen-bond donors (Lipinski definition) is 3. The molecule has 0 aromatic heterocycles. The molecule has 1 fully saturated rings. The minimum absolute atomic E-state index is 0.0175. The van der Waals surface area contributed by atoms with E-state index in [1.165, 1.54) is 6.07 Å². The lowest BCUT2D eigenvalue weighted by atomic mass is 9.99. The Morgan fingerprint density at radius 1 is 1.45 bits per heavy atom. The van der Waals surface area contributed by atoms with Gasteiger partial charge >= 0.3 is 0 Å². The largest absolute Gasteiger partial charge is 0.391 e. The molecular weight excluding hydrogens is 266 g/mol. The van der Waals surface area contributed by atoms with Crippen LogP contribution >= 0.6 is 0 Å². The number of carbonyl (C=O) groups excluding carboxylic acids is 1. The van der Waals surface area contributed by atoms with Crippen LogP contribution in [0.25, 0.3) is 0 Å². The summed E-state index contributed by atoms with van der Waals surface area (Å²) in [4.78, 5) is 12.0. The number of amides is 1. The van der Waals surface area contributed by atoms with Gasteiger partial charge in [-0.05, 0) is 24.6 Å². The van der Waals surface area contributed by atoms with Crippen molar-refractivity contribution in [1.29, 1.82) is 0 Å². The summed E-state index contributed by atoms with van der Waals surface area (Å²) < 4.78 is 26.0. The van der Waals surface area contributed by atoms with Crippen LogP contribution in [0.4, 0.5) is 8.78 Å². The predicted octanol–water partition coefficient (Wildman–Crippen LogP) is 0.765. The number of hydrogen-bond acceptors (Lipinski definition) is 3. The van der Waals surface area contributed by atoms with Crippen molar-refractivity contribution < 1.29 is 18.7 Å². The first-order valence-corrected chi connectivity index (χ1v) is 6.60. The first-order chi connectivity index (χ1) is 9.49. The van der Waals surface area contributed by atoms with Gasteiger partial charge in [-0.2, -0.15) is 0 Å². The van der Waals surface area contributed by atoms with Crippen LogP contribution < -0.4 is 10.6 Å². The van der Waals surface area contributed by atoms with Gasteiger partial charge in [-0.15, -0.1) is 0 Å². The molecule has 3 atom stereocenters. The predicted molar refractivity (Wildman–Crippen MR) is 70.1 cm³/mol. The lowest BCUT2D eigenvalue weighted by Gasteiger charge is -2.17. The number of aliphatic hydroxyl groups is 1. The van der Waals surface area contributed by atoms with Crippen LogP contribution in [-0.4, -0.2) is 36.8 Å². The average molecular weight is 284 g/mol. The number of benzene rings is 1. The molecule has 0 spiro atoms. The van der Waals surface area contributed by atoms with E-state index in [-0.39, 0.29) is 11.8 Å². The average Bonchev–Trinajstić information content (AvgIpc) is 2.84. The number of β-amino-alcohol motifs (C(OH)–C–C–N with tert-alkyl or cyclic N) is 1. The highest BCUT2D eigenvalue weighted by Crippen LogP contribution is 2.18. The summed E-state index contributed by atoms with van der Waals surface area (Å²) in [6.07, 6.45) is -0.464. The maximum absolute atomic E-state index is 13.1. The third kappa shape index (κ3) is 3.32. The highest BCUT2D eigenvalue weighted by molar-refractivity contribution is 5.83. The number of aliphatic hydroxyl groups excluding tert-OH is 1. The molecule has 1 saturated heterocycles. The van der Waals surface area contributed by atoms with Crippen molar-refractivity contribution in [3.63, 3.8) is 0 Å². The Hall–Kier alpha value is -1.53. The molecule has 1 heterocycles. The molecule has 110 valence electrons. The van der Waals surface area contributed by atoms with Gasteiger partial charge in [-0.1, -0.05) is 6.07 Å². The second kappa shape index (κ2) is 6.28. The van der Waals surface area contributed by atoms with E-state index in [0.29, 0.717) is 25.2 Å². The van der Waals surface area contributed by atoms with Gasteiger partial charge < -0.3 is 15.7 Å². The maximum Gasteiger partial charge on any atom is 0.227 e. The van der Waals surface area contributed by atoms with Crippen LogP contribution in [0, 0.1) is 17.6 Å². The van der Waals surface area contributed by atoms with Crippen LogP contribution in [0.3, 0.4) is 0 Å². The van der Waals surface area contributed by atoms with Crippen molar-refractivity contribution in [2.75, 3.05) is 19.6 Å². The standard InChI is InChI=1S/C14H18F2N2O2/c1-8(9-2-3-11(15)12(16)4-9)14(20)18-6-10-5-17-7-13(10)19/h2-4,8,10,13,17,19H,5-7H2,1H3,(H,18,20). The molecule has 1 aliphatic heterocycles. The molecule has 1 aromatic carbocycles. The Morgan fingerprint density at radius 2 is 2.20 bits per heavy atom. The van der Waals surface area contributed by atoms with Gasteiger partial charge in [-0.25, -0.2) is 8.78 Å². The molecular formula is C14H18F2N2O2. The third-order valence-electron chi connectivity index (χ3n) is 3.68. The minimum atomic E-state index is -0.961. The van der Waals surface area contributed by atoms with Crippen LogP contribution in [0.1, 0.15) is 18.4 Å². The molecule has 3 N–H and O–H groups in total. The number of rotatable bonds is 4. The lowest BCUT2D eigenvalue weighted by molar-refractivity contribution is -0.122. The van der Waals surface area contributed by atoms with E-state index in [2.05, 4.69) is 10.6 Å². The number of halogens is 2. The first kappa shape index (κ1) is 14.9. The van der Waals surface area contributed by atoms with Gasteiger partial charge in [0.05, 0.1) is 12.0 Å². The van der Waals surface area contributed by atoms with Gasteiger partial charge in [0.15, 0.2) is 11.6 Å². The first-order valence-electron chi connectivity index (χ1n) is 6.60. The topological polar surface area (TPSA) is 61.4 Å². The highest BCUT2D eigenvalue weighted by Gasteiger charge is 2.26. The summed E-state index contributed by atoms with van der Waals surface area (Å²) >= 11 is 0. The molecule has 1 aliphatic rings. The van der Waals surface area contributed by atoms with Crippen molar-refractivity contribution in [3.8, 4) is 0 Å². The van der Waals surface area contributed by atoms with E-state index < -0.39 is 23.7 Å². The molecule has 0 saturated carbocycles. The summed E-state index contributed by atoms with van der Waals surface area (Å²) in [5, 5.41) is 15.4. The summed E-state index contributed by atoms with van der Waals surface area (Å²) in [6.45, 7) is 3.17. The Morgan fingerprint density at radius 3 is 2.80 bits per heavy atom. The van der Waals surface area contributed by atoms with Crippen molar-refractivity contribution in [2.24, 2.45) is 5.92 Å². The maximum atomic E-state index is 13.1. The molecule has 3 unspecified atom stereocenters. The highest BCUT2D eigenvalue weighted by atomic mass is 19.2. The van der Waals surface area contributed by atoms with E-state index in [1.54, 1.807) is 6.92 Å². The fourth-order valence-electron chi connectivity index (χ4n) is 2.25. The molecule has 0 bridgehead atoms. The van der Waals surface area contributed by atoms with E-state index >= 15 is 0 Å². The van der Waals surface area contributed by atoms with Gasteiger partial charge in [0, 0.05) is 25.6 Å². The Kier molecular flexibility index (Phi) is 4.67.